The molecule has 1 aromatic rings. The van der Waals surface area contributed by atoms with Crippen LogP contribution in [0.5, 0.6) is 0 Å². The summed E-state index contributed by atoms with van der Waals surface area (Å²) >= 11 is 1.96. The van der Waals surface area contributed by atoms with Gasteiger partial charge >= 0.3 is 6.09 Å². The van der Waals surface area contributed by atoms with E-state index < -0.39 is 12.1 Å². The molecule has 1 amide bonds. The first-order valence-corrected chi connectivity index (χ1v) is 7.76. The Morgan fingerprint density at radius 3 is 2.50 bits per heavy atom. The van der Waals surface area contributed by atoms with Crippen molar-refractivity contribution < 1.29 is 19.2 Å². The minimum Gasteiger partial charge on any atom is -0.443 e. The Kier molecular flexibility index (Phi) is 7.53. The maximum atomic E-state index is 12.0. The predicted molar refractivity (Wildman–Crippen MR) is 83.1 cm³/mol. The molecule has 0 spiro atoms. The molecule has 1 atom stereocenters. The highest BCUT2D eigenvalue weighted by atomic mass is 127. The molecule has 0 heterocycles. The first kappa shape index (κ1) is 16.9. The number of hydrogen-bond acceptors (Lipinski definition) is 4. The molecule has 0 fully saturated rings. The maximum absolute atomic E-state index is 12.0. The van der Waals surface area contributed by atoms with Crippen LogP contribution >= 0.6 is 22.6 Å². The van der Waals surface area contributed by atoms with Crippen molar-refractivity contribution in [2.75, 3.05) is 4.61 Å². The van der Waals surface area contributed by atoms with E-state index in [1.54, 1.807) is 0 Å². The second-order valence-electron chi connectivity index (χ2n) is 4.47. The van der Waals surface area contributed by atoms with Gasteiger partial charge in [-0.15, -0.1) is 0 Å². The fourth-order valence-electron chi connectivity index (χ4n) is 1.58. The highest BCUT2D eigenvalue weighted by Gasteiger charge is 2.28. The van der Waals surface area contributed by atoms with Gasteiger partial charge in [0, 0.05) is 0 Å². The summed E-state index contributed by atoms with van der Waals surface area (Å²) in [5.74, 6) is -0.0558. The molecule has 0 saturated heterocycles. The van der Waals surface area contributed by atoms with Crippen molar-refractivity contribution in [2.24, 2.45) is 5.92 Å². The zero-order valence-corrected chi connectivity index (χ0v) is 13.6. The van der Waals surface area contributed by atoms with Crippen LogP contribution in [0.4, 0.5) is 4.79 Å². The van der Waals surface area contributed by atoms with Gasteiger partial charge in [0.1, 0.15) is 23.5 Å². The Labute approximate surface area is 132 Å². The number of carbonyl (C=O) groups excluding carboxylic acids is 2. The van der Waals surface area contributed by atoms with Gasteiger partial charge in [0.25, 0.3) is 0 Å². The molecule has 0 aliphatic carbocycles. The number of amides is 1. The van der Waals surface area contributed by atoms with E-state index in [-0.39, 0.29) is 17.1 Å². The van der Waals surface area contributed by atoms with Crippen molar-refractivity contribution in [1.82, 2.24) is 5.06 Å². The molecule has 6 heteroatoms. The van der Waals surface area contributed by atoms with Gasteiger partial charge in [-0.1, -0.05) is 66.8 Å². The van der Waals surface area contributed by atoms with Crippen molar-refractivity contribution in [3.05, 3.63) is 35.9 Å². The average Bonchev–Trinajstić information content (AvgIpc) is 2.45. The summed E-state index contributed by atoms with van der Waals surface area (Å²) in [6.45, 7) is 3.82. The van der Waals surface area contributed by atoms with E-state index in [2.05, 4.69) is 0 Å². The number of alkyl halides is 1. The zero-order chi connectivity index (χ0) is 15.0. The molecule has 110 valence electrons. The van der Waals surface area contributed by atoms with Gasteiger partial charge in [0.15, 0.2) is 0 Å². The predicted octanol–water partition coefficient (Wildman–Crippen LogP) is 3.17. The number of hydrogen-bond donors (Lipinski definition) is 0. The molecule has 0 aliphatic heterocycles. The van der Waals surface area contributed by atoms with E-state index in [0.29, 0.717) is 6.29 Å². The maximum Gasteiger partial charge on any atom is 0.435 e. The largest absolute Gasteiger partial charge is 0.443 e. The molecular formula is C14H18INO4. The summed E-state index contributed by atoms with van der Waals surface area (Å²) in [5.41, 5.74) is 0.877. The first-order valence-electron chi connectivity index (χ1n) is 6.24. The summed E-state index contributed by atoms with van der Waals surface area (Å²) in [5, 5.41) is 1.01. The van der Waals surface area contributed by atoms with E-state index in [1.165, 1.54) is 0 Å². The number of benzene rings is 1. The van der Waals surface area contributed by atoms with Gasteiger partial charge in [0.05, 0.1) is 0 Å². The Balaban J connectivity index is 2.66. The zero-order valence-electron chi connectivity index (χ0n) is 11.5. The SMILES string of the molecule is CC(C)[C@@H](C=O)N(OCI)C(=O)OCc1ccccc1. The molecule has 0 N–H and O–H groups in total. The smallest absolute Gasteiger partial charge is 0.435 e. The lowest BCUT2D eigenvalue weighted by molar-refractivity contribution is -0.157. The van der Waals surface area contributed by atoms with Crippen LogP contribution in [0.2, 0.25) is 0 Å². The fourth-order valence-corrected chi connectivity index (χ4v) is 1.88. The molecule has 0 bridgehead atoms. The molecule has 0 aromatic heterocycles. The van der Waals surface area contributed by atoms with Crippen LogP contribution in [0.15, 0.2) is 30.3 Å². The Morgan fingerprint density at radius 1 is 1.35 bits per heavy atom. The molecule has 0 aliphatic rings. The number of halogens is 1. The lowest BCUT2D eigenvalue weighted by atomic mass is 10.1. The normalized spacial score (nSPS) is 12.0. The van der Waals surface area contributed by atoms with Gasteiger partial charge in [-0.05, 0) is 11.5 Å². The van der Waals surface area contributed by atoms with E-state index in [1.807, 2.05) is 66.8 Å². The van der Waals surface area contributed by atoms with E-state index in [9.17, 15) is 9.59 Å². The summed E-state index contributed by atoms with van der Waals surface area (Å²) in [7, 11) is 0. The van der Waals surface area contributed by atoms with Crippen molar-refractivity contribution in [3.63, 3.8) is 0 Å². The molecule has 1 aromatic carbocycles. The molecule has 0 saturated carbocycles. The molecule has 0 unspecified atom stereocenters. The number of aldehydes is 1. The third-order valence-corrected chi connectivity index (χ3v) is 2.94. The van der Waals surface area contributed by atoms with Gasteiger partial charge in [-0.25, -0.2) is 4.79 Å². The quantitative estimate of drug-likeness (QED) is 0.310. The minimum absolute atomic E-state index is 0.0558. The summed E-state index contributed by atoms with van der Waals surface area (Å²) in [6, 6.07) is 8.67. The number of ether oxygens (including phenoxy) is 1. The van der Waals surface area contributed by atoms with Crippen molar-refractivity contribution >= 4 is 35.0 Å². The van der Waals surface area contributed by atoms with Crippen LogP contribution in [0.1, 0.15) is 19.4 Å². The van der Waals surface area contributed by atoms with Gasteiger partial charge in [-0.2, -0.15) is 5.06 Å². The Hall–Kier alpha value is -1.15. The number of nitrogens with zero attached hydrogens (tertiary/aromatic N) is 1. The second kappa shape index (κ2) is 8.91. The topological polar surface area (TPSA) is 55.8 Å². The first-order chi connectivity index (χ1) is 9.60. The van der Waals surface area contributed by atoms with Crippen LogP contribution in [-0.4, -0.2) is 28.1 Å². The van der Waals surface area contributed by atoms with Gasteiger partial charge in [0.2, 0.25) is 0 Å². The number of rotatable bonds is 7. The monoisotopic (exact) mass is 391 g/mol. The third kappa shape index (κ3) is 5.09. The van der Waals surface area contributed by atoms with Crippen LogP contribution in [0, 0.1) is 5.92 Å². The van der Waals surface area contributed by atoms with Crippen LogP contribution in [0.3, 0.4) is 0 Å². The minimum atomic E-state index is -0.659. The van der Waals surface area contributed by atoms with Gasteiger partial charge in [-0.3, -0.25) is 4.84 Å². The summed E-state index contributed by atoms with van der Waals surface area (Å²) in [4.78, 5) is 28.4. The van der Waals surface area contributed by atoms with Crippen molar-refractivity contribution in [3.8, 4) is 0 Å². The van der Waals surface area contributed by atoms with Crippen molar-refractivity contribution in [1.29, 1.82) is 0 Å². The summed E-state index contributed by atoms with van der Waals surface area (Å²) < 4.78 is 5.43. The highest BCUT2D eigenvalue weighted by molar-refractivity contribution is 14.1. The molecule has 0 radical (unpaired) electrons. The molecule has 5 nitrogen and oxygen atoms in total. The van der Waals surface area contributed by atoms with Crippen LogP contribution in [0.25, 0.3) is 0 Å². The molecule has 20 heavy (non-hydrogen) atoms. The Bertz CT molecular complexity index is 424. The Morgan fingerprint density at radius 2 is 2.00 bits per heavy atom. The third-order valence-electron chi connectivity index (χ3n) is 2.67. The molecule has 1 rings (SSSR count). The van der Waals surface area contributed by atoms with Gasteiger partial charge < -0.3 is 9.53 Å². The van der Waals surface area contributed by atoms with Crippen LogP contribution < -0.4 is 0 Å². The fraction of sp³-hybridized carbons (Fsp3) is 0.429. The van der Waals surface area contributed by atoms with E-state index in [4.69, 9.17) is 9.57 Å². The summed E-state index contributed by atoms with van der Waals surface area (Å²) in [6.07, 6.45) is 0.0390. The van der Waals surface area contributed by atoms with E-state index >= 15 is 0 Å². The highest BCUT2D eigenvalue weighted by Crippen LogP contribution is 2.13. The van der Waals surface area contributed by atoms with E-state index in [0.717, 1.165) is 10.6 Å². The van der Waals surface area contributed by atoms with Crippen molar-refractivity contribution in [2.45, 2.75) is 26.5 Å². The standard InChI is InChI=1S/C14H18INO4/c1-11(2)13(8-17)16(20-10-15)14(18)19-9-12-6-4-3-5-7-12/h3-8,11,13H,9-10H2,1-2H3/t13-/m1/s1. The number of carbonyl (C=O) groups is 2. The average molecular weight is 391 g/mol. The number of hydroxylamine groups is 2. The lowest BCUT2D eigenvalue weighted by Crippen LogP contribution is -2.44. The molecular weight excluding hydrogens is 373 g/mol. The lowest BCUT2D eigenvalue weighted by Gasteiger charge is -2.27. The second-order valence-corrected chi connectivity index (χ2v) is 5.10. The van der Waals surface area contributed by atoms with Crippen LogP contribution in [-0.2, 0) is 21.0 Å².